The van der Waals surface area contributed by atoms with Gasteiger partial charge in [-0.3, -0.25) is 0 Å². The second-order valence-electron chi connectivity index (χ2n) is 6.01. The van der Waals surface area contributed by atoms with Crippen LogP contribution in [0.4, 0.5) is 8.78 Å². The minimum Gasteiger partial charge on any atom is -0.351 e. The summed E-state index contributed by atoms with van der Waals surface area (Å²) in [5, 5.41) is 1.14. The van der Waals surface area contributed by atoms with Crippen LogP contribution in [0, 0.1) is 0 Å². The number of aryl methyl sites for hydroxylation is 1. The summed E-state index contributed by atoms with van der Waals surface area (Å²) in [6, 6.07) is 8.18. The number of fused-ring (bicyclic) bond motifs is 1. The minimum absolute atomic E-state index is 0.0621. The summed E-state index contributed by atoms with van der Waals surface area (Å²) < 4.78 is 29.0. The van der Waals surface area contributed by atoms with Crippen LogP contribution in [0.3, 0.4) is 0 Å². The molecule has 0 radical (unpaired) electrons. The van der Waals surface area contributed by atoms with Crippen molar-refractivity contribution >= 4 is 10.9 Å². The molecule has 2 N–H and O–H groups in total. The fourth-order valence-corrected chi connectivity index (χ4v) is 3.44. The van der Waals surface area contributed by atoms with E-state index < -0.39 is 5.92 Å². The Morgan fingerprint density at radius 3 is 2.50 bits per heavy atom. The molecule has 1 aromatic carbocycles. The molecule has 2 aromatic rings. The topological polar surface area (TPSA) is 30.9 Å². The molecule has 1 aliphatic rings. The third kappa shape index (κ3) is 2.03. The van der Waals surface area contributed by atoms with Crippen LogP contribution < -0.4 is 5.73 Å². The van der Waals surface area contributed by atoms with E-state index >= 15 is 0 Å². The van der Waals surface area contributed by atoms with Gasteiger partial charge in [-0.2, -0.15) is 0 Å². The maximum absolute atomic E-state index is 13.5. The monoisotopic (exact) mass is 278 g/mol. The summed E-state index contributed by atoms with van der Waals surface area (Å²) in [6.07, 6.45) is 2.81. The van der Waals surface area contributed by atoms with E-state index in [1.54, 1.807) is 0 Å². The number of nitrogens with two attached hydrogens (primary N) is 1. The molecule has 1 fully saturated rings. The molecule has 0 atom stereocenters. The first-order valence-corrected chi connectivity index (χ1v) is 7.10. The number of halogens is 2. The van der Waals surface area contributed by atoms with E-state index in [9.17, 15) is 8.78 Å². The van der Waals surface area contributed by atoms with Crippen molar-refractivity contribution in [3.63, 3.8) is 0 Å². The standard InChI is InChI=1S/C16H20F2N2/c1-20-10-5-12-13(3-2-4-14(12)20)15(11-19)6-8-16(17,18)9-7-15/h2-5,10H,6-9,11,19H2,1H3. The fraction of sp³-hybridized carbons (Fsp3) is 0.500. The zero-order valence-corrected chi connectivity index (χ0v) is 11.7. The third-order valence-corrected chi connectivity index (χ3v) is 4.83. The van der Waals surface area contributed by atoms with E-state index in [0.29, 0.717) is 19.4 Å². The zero-order valence-electron chi connectivity index (χ0n) is 11.7. The van der Waals surface area contributed by atoms with Crippen LogP contribution in [0.15, 0.2) is 30.5 Å². The predicted octanol–water partition coefficient (Wildman–Crippen LogP) is 3.58. The molecule has 108 valence electrons. The highest BCUT2D eigenvalue weighted by Gasteiger charge is 2.44. The van der Waals surface area contributed by atoms with E-state index in [1.807, 2.05) is 19.3 Å². The molecule has 4 heteroatoms. The predicted molar refractivity (Wildman–Crippen MR) is 77.1 cm³/mol. The molecule has 20 heavy (non-hydrogen) atoms. The molecule has 1 heterocycles. The maximum atomic E-state index is 13.5. The van der Waals surface area contributed by atoms with Gasteiger partial charge < -0.3 is 10.3 Å². The molecule has 0 spiro atoms. The Bertz CT molecular complexity index is 620. The largest absolute Gasteiger partial charge is 0.351 e. The quantitative estimate of drug-likeness (QED) is 0.894. The van der Waals surface area contributed by atoms with E-state index in [0.717, 1.165) is 16.5 Å². The van der Waals surface area contributed by atoms with Gasteiger partial charge in [0.25, 0.3) is 0 Å². The van der Waals surface area contributed by atoms with Crippen molar-refractivity contribution in [1.82, 2.24) is 4.57 Å². The summed E-state index contributed by atoms with van der Waals surface area (Å²) in [4.78, 5) is 0. The van der Waals surface area contributed by atoms with Gasteiger partial charge >= 0.3 is 0 Å². The molecule has 1 aromatic heterocycles. The highest BCUT2D eigenvalue weighted by Crippen LogP contribution is 2.46. The first-order valence-electron chi connectivity index (χ1n) is 7.10. The summed E-state index contributed by atoms with van der Waals surface area (Å²) in [7, 11) is 2.00. The van der Waals surface area contributed by atoms with Crippen LogP contribution in [0.25, 0.3) is 10.9 Å². The van der Waals surface area contributed by atoms with E-state index in [2.05, 4.69) is 22.8 Å². The number of hydrogen-bond donors (Lipinski definition) is 1. The average Bonchev–Trinajstić information content (AvgIpc) is 2.82. The molecule has 0 bridgehead atoms. The summed E-state index contributed by atoms with van der Waals surface area (Å²) >= 11 is 0. The van der Waals surface area contributed by atoms with Crippen molar-refractivity contribution in [2.45, 2.75) is 37.0 Å². The van der Waals surface area contributed by atoms with Crippen LogP contribution in [-0.4, -0.2) is 17.0 Å². The highest BCUT2D eigenvalue weighted by atomic mass is 19.3. The number of rotatable bonds is 2. The Balaban J connectivity index is 2.08. The lowest BCUT2D eigenvalue weighted by Gasteiger charge is -2.40. The molecule has 0 saturated heterocycles. The maximum Gasteiger partial charge on any atom is 0.248 e. The summed E-state index contributed by atoms with van der Waals surface area (Å²) in [5.74, 6) is -2.52. The molecule has 3 rings (SSSR count). The lowest BCUT2D eigenvalue weighted by molar-refractivity contribution is -0.0507. The Hall–Kier alpha value is -1.42. The van der Waals surface area contributed by atoms with Gasteiger partial charge in [-0.25, -0.2) is 8.78 Å². The number of aromatic nitrogens is 1. The third-order valence-electron chi connectivity index (χ3n) is 4.83. The van der Waals surface area contributed by atoms with Crippen LogP contribution >= 0.6 is 0 Å². The Morgan fingerprint density at radius 2 is 1.85 bits per heavy atom. The summed E-state index contributed by atoms with van der Waals surface area (Å²) in [5.41, 5.74) is 7.97. The lowest BCUT2D eigenvalue weighted by atomic mass is 9.67. The van der Waals surface area contributed by atoms with Crippen LogP contribution in [0.2, 0.25) is 0 Å². The molecular weight excluding hydrogens is 258 g/mol. The Morgan fingerprint density at radius 1 is 1.15 bits per heavy atom. The number of alkyl halides is 2. The van der Waals surface area contributed by atoms with E-state index in [4.69, 9.17) is 5.73 Å². The Kier molecular flexibility index (Phi) is 3.09. The van der Waals surface area contributed by atoms with Crippen molar-refractivity contribution < 1.29 is 8.78 Å². The van der Waals surface area contributed by atoms with Gasteiger partial charge in [-0.15, -0.1) is 0 Å². The number of hydrogen-bond acceptors (Lipinski definition) is 1. The fourth-order valence-electron chi connectivity index (χ4n) is 3.44. The second-order valence-corrected chi connectivity index (χ2v) is 6.01. The van der Waals surface area contributed by atoms with Gasteiger partial charge in [-0.05, 0) is 30.5 Å². The van der Waals surface area contributed by atoms with Crippen molar-refractivity contribution in [2.75, 3.05) is 6.54 Å². The van der Waals surface area contributed by atoms with E-state index in [-0.39, 0.29) is 18.3 Å². The van der Waals surface area contributed by atoms with Crippen molar-refractivity contribution in [3.05, 3.63) is 36.0 Å². The molecule has 2 nitrogen and oxygen atoms in total. The molecule has 0 amide bonds. The van der Waals surface area contributed by atoms with Crippen LogP contribution in [-0.2, 0) is 12.5 Å². The Labute approximate surface area is 117 Å². The first-order chi connectivity index (χ1) is 9.47. The SMILES string of the molecule is Cn1ccc2c(C3(CN)CCC(F)(F)CC3)cccc21. The van der Waals surface area contributed by atoms with Gasteiger partial charge in [0.1, 0.15) is 0 Å². The van der Waals surface area contributed by atoms with Gasteiger partial charge in [0.05, 0.1) is 0 Å². The van der Waals surface area contributed by atoms with Crippen molar-refractivity contribution in [2.24, 2.45) is 12.8 Å². The molecular formula is C16H20F2N2. The second kappa shape index (κ2) is 4.55. The summed E-state index contributed by atoms with van der Waals surface area (Å²) in [6.45, 7) is 0.428. The minimum atomic E-state index is -2.52. The number of nitrogens with zero attached hydrogens (tertiary/aromatic N) is 1. The van der Waals surface area contributed by atoms with Crippen LogP contribution in [0.1, 0.15) is 31.2 Å². The zero-order chi connectivity index (χ0) is 14.4. The molecule has 0 unspecified atom stereocenters. The average molecular weight is 278 g/mol. The smallest absolute Gasteiger partial charge is 0.248 e. The normalized spacial score (nSPS) is 21.2. The first kappa shape index (κ1) is 13.6. The molecule has 1 saturated carbocycles. The van der Waals surface area contributed by atoms with Crippen molar-refractivity contribution in [3.8, 4) is 0 Å². The van der Waals surface area contributed by atoms with E-state index in [1.165, 1.54) is 0 Å². The van der Waals surface area contributed by atoms with Gasteiger partial charge in [0.2, 0.25) is 5.92 Å². The lowest BCUT2D eigenvalue weighted by Crippen LogP contribution is -2.42. The van der Waals surface area contributed by atoms with Gasteiger partial charge in [-0.1, -0.05) is 12.1 Å². The van der Waals surface area contributed by atoms with Gasteiger partial charge in [0, 0.05) is 48.9 Å². The van der Waals surface area contributed by atoms with Crippen molar-refractivity contribution in [1.29, 1.82) is 0 Å². The van der Waals surface area contributed by atoms with Crippen LogP contribution in [0.5, 0.6) is 0 Å². The molecule has 0 aliphatic heterocycles. The number of benzene rings is 1. The molecule has 1 aliphatic carbocycles. The highest BCUT2D eigenvalue weighted by molar-refractivity contribution is 5.84. The van der Waals surface area contributed by atoms with Gasteiger partial charge in [0.15, 0.2) is 0 Å².